The zero-order valence-electron chi connectivity index (χ0n) is 9.46. The van der Waals surface area contributed by atoms with Gasteiger partial charge in [-0.3, -0.25) is 0 Å². The molecule has 1 N–H and O–H groups in total. The highest BCUT2D eigenvalue weighted by atomic mass is 19.1. The third-order valence-electron chi connectivity index (χ3n) is 2.49. The summed E-state index contributed by atoms with van der Waals surface area (Å²) < 4.78 is 13.0. The first-order valence-electron chi connectivity index (χ1n) is 5.56. The molecule has 0 bridgehead atoms. The number of aliphatic hydroxyl groups is 1. The predicted octanol–water partition coefficient (Wildman–Crippen LogP) is 3.23. The van der Waals surface area contributed by atoms with Gasteiger partial charge in [-0.15, -0.1) is 0 Å². The highest BCUT2D eigenvalue weighted by Crippen LogP contribution is 2.12. The fourth-order valence-corrected chi connectivity index (χ4v) is 1.77. The van der Waals surface area contributed by atoms with Crippen molar-refractivity contribution in [2.24, 2.45) is 0 Å². The van der Waals surface area contributed by atoms with Gasteiger partial charge in [-0.05, 0) is 49.4 Å². The molecule has 1 atom stereocenters. The molecule has 0 aliphatic carbocycles. The van der Waals surface area contributed by atoms with Crippen molar-refractivity contribution in [1.82, 2.24) is 0 Å². The molecule has 1 aromatic carbocycles. The van der Waals surface area contributed by atoms with Crippen LogP contribution in [0, 0.1) is 12.7 Å². The SMILES string of the molecule is CCCC(O)CCc1cc(C)cc(F)c1. The van der Waals surface area contributed by atoms with Crippen LogP contribution in [0.5, 0.6) is 0 Å². The zero-order valence-corrected chi connectivity index (χ0v) is 9.46. The topological polar surface area (TPSA) is 20.2 Å². The van der Waals surface area contributed by atoms with E-state index in [1.807, 2.05) is 13.0 Å². The highest BCUT2D eigenvalue weighted by molar-refractivity contribution is 5.23. The van der Waals surface area contributed by atoms with E-state index in [0.717, 1.165) is 36.8 Å². The first kappa shape index (κ1) is 12.2. The lowest BCUT2D eigenvalue weighted by molar-refractivity contribution is 0.154. The quantitative estimate of drug-likeness (QED) is 0.791. The average molecular weight is 210 g/mol. The third kappa shape index (κ3) is 4.43. The van der Waals surface area contributed by atoms with Gasteiger partial charge in [0.25, 0.3) is 0 Å². The molecule has 1 aromatic rings. The number of halogens is 1. The van der Waals surface area contributed by atoms with E-state index in [9.17, 15) is 9.50 Å². The van der Waals surface area contributed by atoms with Gasteiger partial charge < -0.3 is 5.11 Å². The minimum atomic E-state index is -0.251. The van der Waals surface area contributed by atoms with Crippen molar-refractivity contribution < 1.29 is 9.50 Å². The Morgan fingerprint density at radius 2 is 2.00 bits per heavy atom. The van der Waals surface area contributed by atoms with Crippen molar-refractivity contribution >= 4 is 0 Å². The zero-order chi connectivity index (χ0) is 11.3. The lowest BCUT2D eigenvalue weighted by Crippen LogP contribution is -2.07. The minimum absolute atomic E-state index is 0.185. The summed E-state index contributed by atoms with van der Waals surface area (Å²) in [6.45, 7) is 3.94. The van der Waals surface area contributed by atoms with Crippen LogP contribution in [0.25, 0.3) is 0 Å². The number of benzene rings is 1. The molecule has 1 nitrogen and oxygen atoms in total. The minimum Gasteiger partial charge on any atom is -0.393 e. The number of rotatable bonds is 5. The monoisotopic (exact) mass is 210 g/mol. The summed E-state index contributed by atoms with van der Waals surface area (Å²) in [7, 11) is 0. The van der Waals surface area contributed by atoms with Gasteiger partial charge in [-0.2, -0.15) is 0 Å². The first-order chi connectivity index (χ1) is 7.11. The maximum atomic E-state index is 13.0. The largest absolute Gasteiger partial charge is 0.393 e. The van der Waals surface area contributed by atoms with Gasteiger partial charge in [0.1, 0.15) is 5.82 Å². The molecule has 1 unspecified atom stereocenters. The standard InChI is InChI=1S/C13H19FO/c1-3-4-13(15)6-5-11-7-10(2)8-12(14)9-11/h7-9,13,15H,3-6H2,1-2H3. The Morgan fingerprint density at radius 3 is 2.60 bits per heavy atom. The van der Waals surface area contributed by atoms with E-state index >= 15 is 0 Å². The number of aryl methyl sites for hydroxylation is 2. The van der Waals surface area contributed by atoms with Gasteiger partial charge in [0.15, 0.2) is 0 Å². The second-order valence-electron chi connectivity index (χ2n) is 4.12. The van der Waals surface area contributed by atoms with Crippen LogP contribution >= 0.6 is 0 Å². The normalized spacial score (nSPS) is 12.8. The molecular weight excluding hydrogens is 191 g/mol. The molecule has 0 fully saturated rings. The first-order valence-corrected chi connectivity index (χ1v) is 5.56. The number of aliphatic hydroxyl groups excluding tert-OH is 1. The van der Waals surface area contributed by atoms with Crippen molar-refractivity contribution in [2.75, 3.05) is 0 Å². The van der Waals surface area contributed by atoms with Crippen molar-refractivity contribution in [3.05, 3.63) is 35.1 Å². The average Bonchev–Trinajstić information content (AvgIpc) is 2.14. The van der Waals surface area contributed by atoms with Gasteiger partial charge in [-0.25, -0.2) is 4.39 Å². The Bertz CT molecular complexity index is 289. The Morgan fingerprint density at radius 1 is 1.27 bits per heavy atom. The number of hydrogen-bond donors (Lipinski definition) is 1. The molecule has 2 heteroatoms. The van der Waals surface area contributed by atoms with Crippen LogP contribution in [0.4, 0.5) is 4.39 Å². The molecule has 84 valence electrons. The molecule has 0 aromatic heterocycles. The second kappa shape index (κ2) is 5.86. The van der Waals surface area contributed by atoms with E-state index in [0.29, 0.717) is 0 Å². The van der Waals surface area contributed by atoms with Crippen LogP contribution < -0.4 is 0 Å². The lowest BCUT2D eigenvalue weighted by atomic mass is 10.0. The van der Waals surface area contributed by atoms with Crippen molar-refractivity contribution in [2.45, 2.75) is 45.6 Å². The molecular formula is C13H19FO. The molecule has 1 rings (SSSR count). The maximum absolute atomic E-state index is 13.0. The molecule has 0 saturated carbocycles. The summed E-state index contributed by atoms with van der Waals surface area (Å²) in [5.74, 6) is -0.185. The van der Waals surface area contributed by atoms with Gasteiger partial charge >= 0.3 is 0 Å². The van der Waals surface area contributed by atoms with Crippen LogP contribution in [-0.4, -0.2) is 11.2 Å². The van der Waals surface area contributed by atoms with Crippen LogP contribution in [0.2, 0.25) is 0 Å². The van der Waals surface area contributed by atoms with Crippen LogP contribution in [-0.2, 0) is 6.42 Å². The van der Waals surface area contributed by atoms with E-state index in [2.05, 4.69) is 6.92 Å². The summed E-state index contributed by atoms with van der Waals surface area (Å²) in [6, 6.07) is 5.04. The fraction of sp³-hybridized carbons (Fsp3) is 0.538. The summed E-state index contributed by atoms with van der Waals surface area (Å²) in [4.78, 5) is 0. The second-order valence-corrected chi connectivity index (χ2v) is 4.12. The molecule has 0 amide bonds. The van der Waals surface area contributed by atoms with Crippen LogP contribution in [0.1, 0.15) is 37.3 Å². The molecule has 0 heterocycles. The fourth-order valence-electron chi connectivity index (χ4n) is 1.77. The molecule has 15 heavy (non-hydrogen) atoms. The molecule has 0 spiro atoms. The van der Waals surface area contributed by atoms with Crippen LogP contribution in [0.3, 0.4) is 0 Å². The van der Waals surface area contributed by atoms with E-state index < -0.39 is 0 Å². The predicted molar refractivity (Wildman–Crippen MR) is 60.4 cm³/mol. The Balaban J connectivity index is 2.50. The summed E-state index contributed by atoms with van der Waals surface area (Å²) in [6.07, 6.45) is 3.03. The van der Waals surface area contributed by atoms with Gasteiger partial charge in [0.2, 0.25) is 0 Å². The Hall–Kier alpha value is -0.890. The van der Waals surface area contributed by atoms with Crippen LogP contribution in [0.15, 0.2) is 18.2 Å². The van der Waals surface area contributed by atoms with Gasteiger partial charge in [0.05, 0.1) is 6.10 Å². The number of hydrogen-bond acceptors (Lipinski definition) is 1. The van der Waals surface area contributed by atoms with Crippen molar-refractivity contribution in [3.63, 3.8) is 0 Å². The molecule has 0 aliphatic rings. The van der Waals surface area contributed by atoms with E-state index in [1.165, 1.54) is 6.07 Å². The molecule has 0 radical (unpaired) electrons. The van der Waals surface area contributed by atoms with Crippen molar-refractivity contribution in [1.29, 1.82) is 0 Å². The highest BCUT2D eigenvalue weighted by Gasteiger charge is 2.04. The van der Waals surface area contributed by atoms with Gasteiger partial charge in [0, 0.05) is 0 Å². The molecule has 0 aliphatic heterocycles. The van der Waals surface area contributed by atoms with E-state index in [1.54, 1.807) is 6.07 Å². The molecule has 0 saturated heterocycles. The summed E-state index contributed by atoms with van der Waals surface area (Å²) >= 11 is 0. The van der Waals surface area contributed by atoms with Gasteiger partial charge in [-0.1, -0.05) is 19.4 Å². The van der Waals surface area contributed by atoms with E-state index in [4.69, 9.17) is 0 Å². The van der Waals surface area contributed by atoms with Crippen molar-refractivity contribution in [3.8, 4) is 0 Å². The lowest BCUT2D eigenvalue weighted by Gasteiger charge is -2.09. The summed E-state index contributed by atoms with van der Waals surface area (Å²) in [5, 5.41) is 9.56. The van der Waals surface area contributed by atoms with E-state index in [-0.39, 0.29) is 11.9 Å². The maximum Gasteiger partial charge on any atom is 0.123 e. The Kier molecular flexibility index (Phi) is 4.76. The smallest absolute Gasteiger partial charge is 0.123 e. The Labute approximate surface area is 90.9 Å². The third-order valence-corrected chi connectivity index (χ3v) is 2.49. The summed E-state index contributed by atoms with van der Waals surface area (Å²) in [5.41, 5.74) is 1.91.